The molecule has 1 atom stereocenters. The van der Waals surface area contributed by atoms with Crippen molar-refractivity contribution in [3.8, 4) is 6.07 Å². The van der Waals surface area contributed by atoms with E-state index in [1.54, 1.807) is 0 Å². The van der Waals surface area contributed by atoms with Gasteiger partial charge in [-0.15, -0.1) is 5.10 Å². The molecule has 1 aromatic heterocycles. The zero-order chi connectivity index (χ0) is 14.7. The number of benzene rings is 1. The highest BCUT2D eigenvalue weighted by atomic mass is 16.2. The molecular formula is C15H15N5O. The minimum Gasteiger partial charge on any atom is -0.348 e. The topological polar surface area (TPSA) is 83.6 Å². The molecule has 0 spiro atoms. The summed E-state index contributed by atoms with van der Waals surface area (Å²) in [5, 5.41) is 15.6. The van der Waals surface area contributed by atoms with Crippen LogP contribution in [-0.4, -0.2) is 20.7 Å². The van der Waals surface area contributed by atoms with Crippen LogP contribution in [0, 0.1) is 11.3 Å². The number of aryl methyl sites for hydroxylation is 1. The fourth-order valence-corrected chi connectivity index (χ4v) is 2.71. The molecule has 106 valence electrons. The maximum atomic E-state index is 12.1. The van der Waals surface area contributed by atoms with Crippen molar-refractivity contribution in [2.75, 3.05) is 0 Å². The zero-order valence-electron chi connectivity index (χ0n) is 11.5. The van der Waals surface area contributed by atoms with Gasteiger partial charge in [-0.3, -0.25) is 4.79 Å². The number of aromatic nitrogens is 3. The summed E-state index contributed by atoms with van der Waals surface area (Å²) >= 11 is 0. The molecule has 0 aliphatic heterocycles. The van der Waals surface area contributed by atoms with E-state index in [0.29, 0.717) is 0 Å². The summed E-state index contributed by atoms with van der Waals surface area (Å²) in [5.41, 5.74) is 2.51. The second-order valence-electron chi connectivity index (χ2n) is 5.09. The largest absolute Gasteiger partial charge is 0.348 e. The van der Waals surface area contributed by atoms with Crippen LogP contribution in [0.2, 0.25) is 0 Å². The summed E-state index contributed by atoms with van der Waals surface area (Å²) in [5.74, 6) is -0.0445. The molecule has 21 heavy (non-hydrogen) atoms. The number of nitriles is 1. The molecule has 2 aromatic rings. The van der Waals surface area contributed by atoms with Crippen LogP contribution in [-0.2, 0) is 17.8 Å². The van der Waals surface area contributed by atoms with Crippen molar-refractivity contribution in [2.45, 2.75) is 31.8 Å². The highest BCUT2D eigenvalue weighted by Gasteiger charge is 2.21. The number of carbonyl (C=O) groups is 1. The normalized spacial score (nSPS) is 16.8. The van der Waals surface area contributed by atoms with Crippen LogP contribution in [0.25, 0.3) is 0 Å². The summed E-state index contributed by atoms with van der Waals surface area (Å²) in [4.78, 5) is 15.9. The quantitative estimate of drug-likeness (QED) is 0.920. The first-order valence-electron chi connectivity index (χ1n) is 6.93. The first kappa shape index (κ1) is 13.3. The van der Waals surface area contributed by atoms with Gasteiger partial charge in [0, 0.05) is 0 Å². The smallest absolute Gasteiger partial charge is 0.252 e. The Morgan fingerprint density at radius 2 is 2.33 bits per heavy atom. The van der Waals surface area contributed by atoms with Gasteiger partial charge in [-0.25, -0.2) is 9.67 Å². The van der Waals surface area contributed by atoms with Crippen molar-refractivity contribution < 1.29 is 4.79 Å². The highest BCUT2D eigenvalue weighted by molar-refractivity contribution is 5.76. The molecule has 1 N–H and O–H groups in total. The lowest BCUT2D eigenvalue weighted by Gasteiger charge is -2.26. The minimum absolute atomic E-state index is 0.0569. The Hall–Kier alpha value is -2.68. The molecule has 1 aromatic carbocycles. The van der Waals surface area contributed by atoms with Crippen LogP contribution >= 0.6 is 0 Å². The molecule has 1 aliphatic carbocycles. The van der Waals surface area contributed by atoms with Crippen molar-refractivity contribution in [3.63, 3.8) is 0 Å². The van der Waals surface area contributed by atoms with E-state index in [1.165, 1.54) is 22.1 Å². The van der Waals surface area contributed by atoms with E-state index in [-0.39, 0.29) is 24.3 Å². The van der Waals surface area contributed by atoms with Gasteiger partial charge in [0.1, 0.15) is 18.9 Å². The fraction of sp³-hybridized carbons (Fsp3) is 0.333. The van der Waals surface area contributed by atoms with E-state index < -0.39 is 0 Å². The zero-order valence-corrected chi connectivity index (χ0v) is 11.5. The lowest BCUT2D eigenvalue weighted by Crippen LogP contribution is -2.33. The van der Waals surface area contributed by atoms with E-state index in [1.807, 2.05) is 18.2 Å². The van der Waals surface area contributed by atoms with Crippen molar-refractivity contribution in [2.24, 2.45) is 0 Å². The lowest BCUT2D eigenvalue weighted by atomic mass is 9.88. The van der Waals surface area contributed by atoms with Crippen LogP contribution in [0.5, 0.6) is 0 Å². The Morgan fingerprint density at radius 1 is 1.48 bits per heavy atom. The molecule has 1 heterocycles. The summed E-state index contributed by atoms with van der Waals surface area (Å²) < 4.78 is 1.38. The maximum absolute atomic E-state index is 12.1. The molecule has 0 radical (unpaired) electrons. The second kappa shape index (κ2) is 5.75. The van der Waals surface area contributed by atoms with E-state index >= 15 is 0 Å². The Kier molecular flexibility index (Phi) is 3.65. The van der Waals surface area contributed by atoms with Crippen LogP contribution in [0.4, 0.5) is 0 Å². The molecule has 1 aliphatic rings. The van der Waals surface area contributed by atoms with E-state index in [2.05, 4.69) is 27.5 Å². The van der Waals surface area contributed by atoms with Gasteiger partial charge < -0.3 is 5.32 Å². The number of rotatable bonds is 3. The average molecular weight is 281 g/mol. The van der Waals surface area contributed by atoms with Crippen LogP contribution in [0.15, 0.2) is 30.6 Å². The maximum Gasteiger partial charge on any atom is 0.252 e. The third kappa shape index (κ3) is 2.92. The average Bonchev–Trinajstić information content (AvgIpc) is 2.95. The highest BCUT2D eigenvalue weighted by Crippen LogP contribution is 2.29. The van der Waals surface area contributed by atoms with E-state index in [9.17, 15) is 4.79 Å². The van der Waals surface area contributed by atoms with Crippen molar-refractivity contribution >= 4 is 5.91 Å². The molecular weight excluding hydrogens is 266 g/mol. The Balaban J connectivity index is 1.67. The predicted molar refractivity (Wildman–Crippen MR) is 75.0 cm³/mol. The lowest BCUT2D eigenvalue weighted by molar-refractivity contribution is -0.122. The SMILES string of the molecule is N#Cc1ncn(CC(=O)N[C@@H]2CCCc3ccccc32)n1. The molecule has 0 unspecified atom stereocenters. The van der Waals surface area contributed by atoms with Crippen molar-refractivity contribution in [1.82, 2.24) is 20.1 Å². The number of hydrogen-bond acceptors (Lipinski definition) is 4. The molecule has 0 saturated heterocycles. The van der Waals surface area contributed by atoms with Crippen molar-refractivity contribution in [1.29, 1.82) is 5.26 Å². The van der Waals surface area contributed by atoms with Gasteiger partial charge in [0.25, 0.3) is 5.82 Å². The summed E-state index contributed by atoms with van der Waals surface area (Å²) in [6.07, 6.45) is 4.48. The molecule has 0 saturated carbocycles. The Bertz CT molecular complexity index is 700. The van der Waals surface area contributed by atoms with Gasteiger partial charge in [-0.05, 0) is 30.4 Å². The Morgan fingerprint density at radius 3 is 3.14 bits per heavy atom. The van der Waals surface area contributed by atoms with Crippen LogP contribution < -0.4 is 5.32 Å². The van der Waals surface area contributed by atoms with Gasteiger partial charge in [-0.1, -0.05) is 24.3 Å². The number of nitrogens with one attached hydrogen (secondary N) is 1. The number of carbonyl (C=O) groups excluding carboxylic acids is 1. The van der Waals surface area contributed by atoms with Gasteiger partial charge in [0.15, 0.2) is 0 Å². The summed E-state index contributed by atoms with van der Waals surface area (Å²) in [7, 11) is 0. The predicted octanol–water partition coefficient (Wildman–Crippen LogP) is 1.34. The van der Waals surface area contributed by atoms with E-state index in [0.717, 1.165) is 19.3 Å². The number of amides is 1. The fourth-order valence-electron chi connectivity index (χ4n) is 2.71. The monoisotopic (exact) mass is 281 g/mol. The molecule has 6 nitrogen and oxygen atoms in total. The minimum atomic E-state index is -0.119. The van der Waals surface area contributed by atoms with Crippen LogP contribution in [0.3, 0.4) is 0 Å². The molecule has 0 bridgehead atoms. The van der Waals surface area contributed by atoms with Crippen molar-refractivity contribution in [3.05, 3.63) is 47.5 Å². The molecule has 3 rings (SSSR count). The summed E-state index contributed by atoms with van der Waals surface area (Å²) in [6, 6.07) is 10.1. The molecule has 1 amide bonds. The number of hydrogen-bond donors (Lipinski definition) is 1. The van der Waals surface area contributed by atoms with Gasteiger partial charge in [0.2, 0.25) is 5.91 Å². The van der Waals surface area contributed by atoms with Gasteiger partial charge >= 0.3 is 0 Å². The third-order valence-corrected chi connectivity index (χ3v) is 3.65. The Labute approximate surface area is 122 Å². The first-order chi connectivity index (χ1) is 10.3. The standard InChI is InChI=1S/C15H15N5O/c16-8-14-17-10-20(19-14)9-15(21)18-13-7-3-5-11-4-1-2-6-12(11)13/h1-2,4,6,10,13H,3,5,7,9H2,(H,18,21)/t13-/m1/s1. The number of nitrogens with zero attached hydrogens (tertiary/aromatic N) is 4. The first-order valence-corrected chi connectivity index (χ1v) is 6.93. The molecule has 0 fully saturated rings. The van der Waals surface area contributed by atoms with Gasteiger partial charge in [-0.2, -0.15) is 5.26 Å². The van der Waals surface area contributed by atoms with Gasteiger partial charge in [0.05, 0.1) is 6.04 Å². The second-order valence-corrected chi connectivity index (χ2v) is 5.09. The third-order valence-electron chi connectivity index (χ3n) is 3.65. The number of fused-ring (bicyclic) bond motifs is 1. The van der Waals surface area contributed by atoms with Crippen LogP contribution in [0.1, 0.15) is 35.8 Å². The molecule has 6 heteroatoms. The summed E-state index contributed by atoms with van der Waals surface area (Å²) in [6.45, 7) is 0.0767. The van der Waals surface area contributed by atoms with E-state index in [4.69, 9.17) is 5.26 Å².